The lowest BCUT2D eigenvalue weighted by atomic mass is 10.0. The summed E-state index contributed by atoms with van der Waals surface area (Å²) in [5.74, 6) is 0.768. The van der Waals surface area contributed by atoms with E-state index in [0.717, 1.165) is 24.4 Å². The summed E-state index contributed by atoms with van der Waals surface area (Å²) in [4.78, 5) is 26.0. The third-order valence-electron chi connectivity index (χ3n) is 5.38. The van der Waals surface area contributed by atoms with Gasteiger partial charge in [-0.15, -0.1) is 0 Å². The highest BCUT2D eigenvalue weighted by molar-refractivity contribution is 5.99. The van der Waals surface area contributed by atoms with Crippen molar-refractivity contribution in [1.82, 2.24) is 10.2 Å². The minimum Gasteiger partial charge on any atom is -0.497 e. The Kier molecular flexibility index (Phi) is 6.19. The van der Waals surface area contributed by atoms with E-state index in [0.29, 0.717) is 19.0 Å². The van der Waals surface area contributed by atoms with Gasteiger partial charge in [0.2, 0.25) is 6.79 Å². The smallest absolute Gasteiger partial charge is 0.286 e. The lowest BCUT2D eigenvalue weighted by molar-refractivity contribution is -0.385. The number of amides is 1. The highest BCUT2D eigenvalue weighted by Crippen LogP contribution is 2.38. The van der Waals surface area contributed by atoms with E-state index in [9.17, 15) is 14.9 Å². The number of carbonyl (C=O) groups is 1. The number of nitro benzene ring substituents is 1. The number of hydrogen-bond acceptors (Lipinski definition) is 8. The molecule has 2 heterocycles. The van der Waals surface area contributed by atoms with Gasteiger partial charge in [0.1, 0.15) is 11.3 Å². The van der Waals surface area contributed by atoms with Crippen molar-refractivity contribution in [1.29, 1.82) is 0 Å². The average molecular weight is 429 g/mol. The molecule has 10 heteroatoms. The lowest BCUT2D eigenvalue weighted by Crippen LogP contribution is -2.43. The quantitative estimate of drug-likeness (QED) is 0.526. The van der Waals surface area contributed by atoms with Gasteiger partial charge in [0.05, 0.1) is 37.4 Å². The van der Waals surface area contributed by atoms with Crippen molar-refractivity contribution in [2.45, 2.75) is 6.04 Å². The maximum Gasteiger partial charge on any atom is 0.286 e. The first-order chi connectivity index (χ1) is 15.1. The number of nitrogens with zero attached hydrogens (tertiary/aromatic N) is 2. The second-order valence-electron chi connectivity index (χ2n) is 7.13. The molecule has 164 valence electrons. The van der Waals surface area contributed by atoms with Gasteiger partial charge in [0.25, 0.3) is 11.6 Å². The summed E-state index contributed by atoms with van der Waals surface area (Å²) in [6.07, 6.45) is 0. The SMILES string of the molecule is COc1ccc(C(CNC(=O)c2cc3c(cc2[N+](=O)[O-])OCO3)N2CCOCC2)cc1. The zero-order valence-corrected chi connectivity index (χ0v) is 17.0. The van der Waals surface area contributed by atoms with Gasteiger partial charge < -0.3 is 24.3 Å². The van der Waals surface area contributed by atoms with E-state index in [1.165, 1.54) is 12.1 Å². The van der Waals surface area contributed by atoms with Gasteiger partial charge >= 0.3 is 0 Å². The molecule has 1 saturated heterocycles. The molecule has 0 aliphatic carbocycles. The maximum absolute atomic E-state index is 12.9. The van der Waals surface area contributed by atoms with Gasteiger partial charge in [0.15, 0.2) is 11.5 Å². The Morgan fingerprint density at radius 1 is 1.19 bits per heavy atom. The second kappa shape index (κ2) is 9.19. The maximum atomic E-state index is 12.9. The zero-order chi connectivity index (χ0) is 21.8. The van der Waals surface area contributed by atoms with Crippen LogP contribution >= 0.6 is 0 Å². The summed E-state index contributed by atoms with van der Waals surface area (Å²) in [6, 6.07) is 10.1. The summed E-state index contributed by atoms with van der Waals surface area (Å²) in [7, 11) is 1.60. The number of carbonyl (C=O) groups excluding carboxylic acids is 1. The van der Waals surface area contributed by atoms with Crippen LogP contribution in [0.15, 0.2) is 36.4 Å². The highest BCUT2D eigenvalue weighted by Gasteiger charge is 2.29. The van der Waals surface area contributed by atoms with E-state index in [1.807, 2.05) is 24.3 Å². The number of morpholine rings is 1. The van der Waals surface area contributed by atoms with Crippen molar-refractivity contribution in [3.05, 3.63) is 57.6 Å². The molecule has 0 aromatic heterocycles. The first-order valence-corrected chi connectivity index (χ1v) is 9.89. The first-order valence-electron chi connectivity index (χ1n) is 9.89. The van der Waals surface area contributed by atoms with Gasteiger partial charge in [0, 0.05) is 25.7 Å². The van der Waals surface area contributed by atoms with Crippen LogP contribution in [-0.2, 0) is 4.74 Å². The van der Waals surface area contributed by atoms with Crippen LogP contribution in [-0.4, -0.2) is 62.5 Å². The average Bonchev–Trinajstić information content (AvgIpc) is 3.27. The summed E-state index contributed by atoms with van der Waals surface area (Å²) < 4.78 is 21.2. The number of methoxy groups -OCH3 is 1. The predicted octanol–water partition coefficient (Wildman–Crippen LogP) is 2.14. The van der Waals surface area contributed by atoms with E-state index < -0.39 is 10.8 Å². The molecule has 0 saturated carbocycles. The molecule has 1 fully saturated rings. The van der Waals surface area contributed by atoms with Gasteiger partial charge in [-0.3, -0.25) is 19.8 Å². The molecule has 31 heavy (non-hydrogen) atoms. The van der Waals surface area contributed by atoms with Crippen molar-refractivity contribution in [3.8, 4) is 17.2 Å². The van der Waals surface area contributed by atoms with E-state index in [-0.39, 0.29) is 36.4 Å². The normalized spacial score (nSPS) is 16.5. The van der Waals surface area contributed by atoms with Crippen LogP contribution in [0.3, 0.4) is 0 Å². The fraction of sp³-hybridized carbons (Fsp3) is 0.381. The van der Waals surface area contributed by atoms with Crippen molar-refractivity contribution in [3.63, 3.8) is 0 Å². The Morgan fingerprint density at radius 2 is 1.87 bits per heavy atom. The molecule has 1 amide bonds. The molecule has 1 atom stereocenters. The summed E-state index contributed by atoms with van der Waals surface area (Å²) in [5.41, 5.74) is 0.613. The van der Waals surface area contributed by atoms with E-state index in [1.54, 1.807) is 7.11 Å². The Balaban J connectivity index is 1.55. The number of nitrogens with one attached hydrogen (secondary N) is 1. The van der Waals surface area contributed by atoms with Crippen LogP contribution in [0.25, 0.3) is 0 Å². The molecule has 0 bridgehead atoms. The Bertz CT molecular complexity index is 958. The molecular formula is C21H23N3O7. The lowest BCUT2D eigenvalue weighted by Gasteiger charge is -2.35. The third-order valence-corrected chi connectivity index (χ3v) is 5.38. The predicted molar refractivity (Wildman–Crippen MR) is 110 cm³/mol. The van der Waals surface area contributed by atoms with Crippen LogP contribution in [0, 0.1) is 10.1 Å². The van der Waals surface area contributed by atoms with Crippen LogP contribution in [0.5, 0.6) is 17.2 Å². The standard InChI is InChI=1S/C21H23N3O7/c1-28-15-4-2-14(3-5-15)18(23-6-8-29-9-7-23)12-22-21(25)16-10-19-20(31-13-30-19)11-17(16)24(26)27/h2-5,10-11,18H,6-9,12-13H2,1H3,(H,22,25). The minimum absolute atomic E-state index is 0.0336. The molecule has 2 aromatic carbocycles. The molecule has 2 aliphatic heterocycles. The van der Waals surface area contributed by atoms with Crippen LogP contribution in [0.4, 0.5) is 5.69 Å². The topological polar surface area (TPSA) is 112 Å². The number of benzene rings is 2. The Labute approximate surface area is 178 Å². The molecule has 2 aromatic rings. The number of nitro groups is 1. The van der Waals surface area contributed by atoms with Crippen LogP contribution in [0.2, 0.25) is 0 Å². The number of fused-ring (bicyclic) bond motifs is 1. The zero-order valence-electron chi connectivity index (χ0n) is 17.0. The molecule has 1 unspecified atom stereocenters. The Hall–Kier alpha value is -3.37. The molecule has 4 rings (SSSR count). The number of rotatable bonds is 7. The van der Waals surface area contributed by atoms with Crippen molar-refractivity contribution < 1.29 is 28.7 Å². The second-order valence-corrected chi connectivity index (χ2v) is 7.13. The monoisotopic (exact) mass is 429 g/mol. The third kappa shape index (κ3) is 4.54. The van der Waals surface area contributed by atoms with E-state index >= 15 is 0 Å². The van der Waals surface area contributed by atoms with E-state index in [2.05, 4.69) is 10.2 Å². The summed E-state index contributed by atoms with van der Waals surface area (Å²) >= 11 is 0. The summed E-state index contributed by atoms with van der Waals surface area (Å²) in [6.45, 7) is 2.89. The van der Waals surface area contributed by atoms with Crippen molar-refractivity contribution in [2.24, 2.45) is 0 Å². The van der Waals surface area contributed by atoms with Gasteiger partial charge in [-0.05, 0) is 17.7 Å². The molecule has 1 N–H and O–H groups in total. The van der Waals surface area contributed by atoms with Crippen LogP contribution < -0.4 is 19.5 Å². The van der Waals surface area contributed by atoms with Gasteiger partial charge in [-0.2, -0.15) is 0 Å². The largest absolute Gasteiger partial charge is 0.497 e. The fourth-order valence-electron chi connectivity index (χ4n) is 3.72. The molecule has 0 spiro atoms. The minimum atomic E-state index is -0.597. The molecule has 0 radical (unpaired) electrons. The molecule has 10 nitrogen and oxygen atoms in total. The van der Waals surface area contributed by atoms with E-state index in [4.69, 9.17) is 18.9 Å². The number of hydrogen-bond donors (Lipinski definition) is 1. The van der Waals surface area contributed by atoms with Crippen molar-refractivity contribution in [2.75, 3.05) is 46.8 Å². The van der Waals surface area contributed by atoms with Crippen LogP contribution in [0.1, 0.15) is 22.0 Å². The fourth-order valence-corrected chi connectivity index (χ4v) is 3.72. The van der Waals surface area contributed by atoms with Gasteiger partial charge in [-0.1, -0.05) is 12.1 Å². The van der Waals surface area contributed by atoms with Crippen molar-refractivity contribution >= 4 is 11.6 Å². The first kappa shape index (κ1) is 20.9. The number of ether oxygens (including phenoxy) is 4. The van der Waals surface area contributed by atoms with Gasteiger partial charge in [-0.25, -0.2) is 0 Å². The highest BCUT2D eigenvalue weighted by atomic mass is 16.7. The Morgan fingerprint density at radius 3 is 2.52 bits per heavy atom. The molecular weight excluding hydrogens is 406 g/mol. The molecule has 2 aliphatic rings. The summed E-state index contributed by atoms with van der Waals surface area (Å²) in [5, 5.41) is 14.3.